The van der Waals surface area contributed by atoms with Crippen LogP contribution in [0.4, 0.5) is 0 Å². The van der Waals surface area contributed by atoms with Crippen LogP contribution >= 0.6 is 15.9 Å². The van der Waals surface area contributed by atoms with Gasteiger partial charge >= 0.3 is 0 Å². The molecule has 0 heterocycles. The van der Waals surface area contributed by atoms with Crippen LogP contribution in [0.1, 0.15) is 22.3 Å². The van der Waals surface area contributed by atoms with Gasteiger partial charge in [-0.15, -0.1) is 0 Å². The Labute approximate surface area is 177 Å². The van der Waals surface area contributed by atoms with E-state index in [1.165, 1.54) is 0 Å². The average molecular weight is 448 g/mol. The number of hydrogen-bond donors (Lipinski definition) is 1. The van der Waals surface area contributed by atoms with Crippen molar-refractivity contribution in [2.24, 2.45) is 5.10 Å². The van der Waals surface area contributed by atoms with Crippen molar-refractivity contribution in [3.8, 4) is 11.8 Å². The SMILES string of the molecule is N#Cc1ccc(COc2cccc(/C=N/NC(=O)Cc3ccc(Br)cc3)c2)cc1. The normalized spacial score (nSPS) is 10.5. The summed E-state index contributed by atoms with van der Waals surface area (Å²) in [7, 11) is 0. The van der Waals surface area contributed by atoms with Crippen LogP contribution < -0.4 is 10.2 Å². The second-order valence-electron chi connectivity index (χ2n) is 6.27. The van der Waals surface area contributed by atoms with Gasteiger partial charge in [0.2, 0.25) is 5.91 Å². The molecule has 1 amide bonds. The molecule has 0 saturated heterocycles. The van der Waals surface area contributed by atoms with Crippen LogP contribution in [0, 0.1) is 11.3 Å². The molecule has 0 saturated carbocycles. The summed E-state index contributed by atoms with van der Waals surface area (Å²) in [5, 5.41) is 12.8. The number of carbonyl (C=O) groups excluding carboxylic acids is 1. The Morgan fingerprint density at radius 1 is 1.07 bits per heavy atom. The molecule has 0 spiro atoms. The number of nitrogens with zero attached hydrogens (tertiary/aromatic N) is 2. The number of halogens is 1. The van der Waals surface area contributed by atoms with E-state index < -0.39 is 0 Å². The first-order chi connectivity index (χ1) is 14.1. The first-order valence-electron chi connectivity index (χ1n) is 8.90. The van der Waals surface area contributed by atoms with Gasteiger partial charge in [0.25, 0.3) is 0 Å². The van der Waals surface area contributed by atoms with E-state index in [0.717, 1.165) is 21.2 Å². The van der Waals surface area contributed by atoms with Gasteiger partial charge in [0.1, 0.15) is 12.4 Å². The van der Waals surface area contributed by atoms with Crippen LogP contribution in [0.2, 0.25) is 0 Å². The number of nitrogens with one attached hydrogen (secondary N) is 1. The summed E-state index contributed by atoms with van der Waals surface area (Å²) in [4.78, 5) is 12.0. The largest absolute Gasteiger partial charge is 0.489 e. The maximum absolute atomic E-state index is 12.0. The number of rotatable bonds is 7. The Bertz CT molecular complexity index is 1040. The monoisotopic (exact) mass is 447 g/mol. The summed E-state index contributed by atoms with van der Waals surface area (Å²) in [5.74, 6) is 0.510. The second-order valence-corrected chi connectivity index (χ2v) is 7.18. The molecule has 0 aliphatic rings. The summed E-state index contributed by atoms with van der Waals surface area (Å²) >= 11 is 3.37. The minimum absolute atomic E-state index is 0.184. The zero-order valence-corrected chi connectivity index (χ0v) is 17.1. The average Bonchev–Trinajstić information content (AvgIpc) is 2.74. The lowest BCUT2D eigenvalue weighted by atomic mass is 10.1. The summed E-state index contributed by atoms with van der Waals surface area (Å²) in [6.07, 6.45) is 1.84. The van der Waals surface area contributed by atoms with Crippen LogP contribution in [-0.2, 0) is 17.8 Å². The van der Waals surface area contributed by atoms with E-state index in [1.54, 1.807) is 18.3 Å². The molecular weight excluding hydrogens is 430 g/mol. The summed E-state index contributed by atoms with van der Waals surface area (Å²) in [5.41, 5.74) is 5.86. The molecule has 3 aromatic rings. The smallest absolute Gasteiger partial charge is 0.244 e. The highest BCUT2D eigenvalue weighted by Crippen LogP contribution is 2.15. The zero-order valence-electron chi connectivity index (χ0n) is 15.5. The fourth-order valence-corrected chi connectivity index (χ4v) is 2.80. The van der Waals surface area contributed by atoms with Crippen molar-refractivity contribution < 1.29 is 9.53 Å². The standard InChI is InChI=1S/C23H18BrN3O2/c24-21-10-8-17(9-11-21)13-23(28)27-26-15-20-2-1-3-22(12-20)29-16-19-6-4-18(14-25)5-7-19/h1-12,15H,13,16H2,(H,27,28)/b26-15+. The Hall–Kier alpha value is -3.43. The number of amides is 1. The van der Waals surface area contributed by atoms with Crippen LogP contribution in [-0.4, -0.2) is 12.1 Å². The molecule has 0 atom stereocenters. The van der Waals surface area contributed by atoms with Crippen LogP contribution in [0.5, 0.6) is 5.75 Å². The summed E-state index contributed by atoms with van der Waals surface area (Å²) in [6, 6.07) is 24.4. The molecule has 0 fully saturated rings. The van der Waals surface area contributed by atoms with Crippen molar-refractivity contribution in [1.82, 2.24) is 5.43 Å². The third-order valence-corrected chi connectivity index (χ3v) is 4.56. The second kappa shape index (κ2) is 10.2. The predicted molar refractivity (Wildman–Crippen MR) is 116 cm³/mol. The Balaban J connectivity index is 1.51. The van der Waals surface area contributed by atoms with Gasteiger partial charge in [-0.25, -0.2) is 5.43 Å². The highest BCUT2D eigenvalue weighted by molar-refractivity contribution is 9.10. The summed E-state index contributed by atoms with van der Waals surface area (Å²) < 4.78 is 6.76. The van der Waals surface area contributed by atoms with Crippen molar-refractivity contribution in [3.05, 3.63) is 99.5 Å². The van der Waals surface area contributed by atoms with E-state index in [1.807, 2.05) is 60.7 Å². The van der Waals surface area contributed by atoms with E-state index in [2.05, 4.69) is 32.5 Å². The molecule has 3 aromatic carbocycles. The van der Waals surface area contributed by atoms with Gasteiger partial charge in [-0.1, -0.05) is 52.3 Å². The quantitative estimate of drug-likeness (QED) is 0.424. The topological polar surface area (TPSA) is 74.5 Å². The molecule has 0 aliphatic heterocycles. The number of benzene rings is 3. The van der Waals surface area contributed by atoms with Gasteiger partial charge < -0.3 is 4.74 Å². The van der Waals surface area contributed by atoms with Gasteiger partial charge in [0.05, 0.1) is 24.3 Å². The van der Waals surface area contributed by atoms with E-state index in [0.29, 0.717) is 17.9 Å². The molecule has 0 bridgehead atoms. The number of nitriles is 1. The lowest BCUT2D eigenvalue weighted by molar-refractivity contribution is -0.120. The number of ether oxygens (including phenoxy) is 1. The van der Waals surface area contributed by atoms with Crippen LogP contribution in [0.25, 0.3) is 0 Å². The molecule has 29 heavy (non-hydrogen) atoms. The lowest BCUT2D eigenvalue weighted by Crippen LogP contribution is -2.19. The highest BCUT2D eigenvalue weighted by atomic mass is 79.9. The van der Waals surface area contributed by atoms with Gasteiger partial charge in [-0.2, -0.15) is 10.4 Å². The maximum Gasteiger partial charge on any atom is 0.244 e. The number of hydrogen-bond acceptors (Lipinski definition) is 4. The van der Waals surface area contributed by atoms with Crippen molar-refractivity contribution in [1.29, 1.82) is 5.26 Å². The predicted octanol–water partition coefficient (Wildman–Crippen LogP) is 4.59. The fourth-order valence-electron chi connectivity index (χ4n) is 2.53. The van der Waals surface area contributed by atoms with Crippen LogP contribution in [0.3, 0.4) is 0 Å². The number of carbonyl (C=O) groups is 1. The number of hydrazone groups is 1. The zero-order chi connectivity index (χ0) is 20.5. The Kier molecular flexibility index (Phi) is 7.15. The fraction of sp³-hybridized carbons (Fsp3) is 0.0870. The maximum atomic E-state index is 12.0. The summed E-state index contributed by atoms with van der Waals surface area (Å²) in [6.45, 7) is 0.399. The van der Waals surface area contributed by atoms with Crippen molar-refractivity contribution >= 4 is 28.1 Å². The van der Waals surface area contributed by atoms with E-state index in [-0.39, 0.29) is 12.3 Å². The first-order valence-corrected chi connectivity index (χ1v) is 9.70. The third-order valence-electron chi connectivity index (χ3n) is 4.03. The molecular formula is C23H18BrN3O2. The Morgan fingerprint density at radius 2 is 1.79 bits per heavy atom. The van der Waals surface area contributed by atoms with Gasteiger partial charge in [-0.3, -0.25) is 4.79 Å². The minimum atomic E-state index is -0.184. The van der Waals surface area contributed by atoms with Crippen molar-refractivity contribution in [2.75, 3.05) is 0 Å². The van der Waals surface area contributed by atoms with Crippen molar-refractivity contribution in [2.45, 2.75) is 13.0 Å². The van der Waals surface area contributed by atoms with Gasteiger partial charge in [-0.05, 0) is 53.1 Å². The lowest BCUT2D eigenvalue weighted by Gasteiger charge is -2.07. The molecule has 5 nitrogen and oxygen atoms in total. The Morgan fingerprint density at radius 3 is 2.52 bits per heavy atom. The van der Waals surface area contributed by atoms with Gasteiger partial charge in [0.15, 0.2) is 0 Å². The highest BCUT2D eigenvalue weighted by Gasteiger charge is 2.02. The molecule has 3 rings (SSSR count). The minimum Gasteiger partial charge on any atom is -0.489 e. The third kappa shape index (κ3) is 6.59. The van der Waals surface area contributed by atoms with Gasteiger partial charge in [0, 0.05) is 4.47 Å². The molecule has 0 aliphatic carbocycles. The molecule has 0 aromatic heterocycles. The van der Waals surface area contributed by atoms with Crippen LogP contribution in [0.15, 0.2) is 82.4 Å². The van der Waals surface area contributed by atoms with E-state index in [4.69, 9.17) is 10.00 Å². The van der Waals surface area contributed by atoms with Crippen molar-refractivity contribution in [3.63, 3.8) is 0 Å². The molecule has 144 valence electrons. The molecule has 6 heteroatoms. The molecule has 1 N–H and O–H groups in total. The first kappa shape index (κ1) is 20.3. The van der Waals surface area contributed by atoms with E-state index in [9.17, 15) is 4.79 Å². The van der Waals surface area contributed by atoms with E-state index >= 15 is 0 Å². The molecule has 0 radical (unpaired) electrons. The molecule has 0 unspecified atom stereocenters.